The Balaban J connectivity index is 1.97. The van der Waals surface area contributed by atoms with Crippen LogP contribution in [0.4, 0.5) is 4.79 Å². The second-order valence-corrected chi connectivity index (χ2v) is 5.58. The van der Waals surface area contributed by atoms with Gasteiger partial charge in [-0.1, -0.05) is 43.2 Å². The number of ether oxygens (including phenoxy) is 1. The van der Waals surface area contributed by atoms with Crippen molar-refractivity contribution in [3.05, 3.63) is 35.9 Å². The van der Waals surface area contributed by atoms with Crippen LogP contribution in [0.25, 0.3) is 0 Å². The minimum atomic E-state index is -0.462. The molecule has 0 aliphatic rings. The molecule has 1 aromatic carbocycles. The fraction of sp³-hybridized carbons (Fsp3) is 0.588. The Labute approximate surface area is 132 Å². The molecule has 5 nitrogen and oxygen atoms in total. The number of unbranched alkanes of at least 4 members (excludes halogenated alkanes) is 2. The van der Waals surface area contributed by atoms with E-state index >= 15 is 0 Å². The van der Waals surface area contributed by atoms with Crippen LogP contribution in [0.15, 0.2) is 30.3 Å². The van der Waals surface area contributed by atoms with E-state index in [0.29, 0.717) is 19.4 Å². The van der Waals surface area contributed by atoms with Crippen molar-refractivity contribution in [2.45, 2.75) is 57.8 Å². The van der Waals surface area contributed by atoms with Gasteiger partial charge in [0.15, 0.2) is 0 Å². The molecule has 0 aromatic heterocycles. The second kappa shape index (κ2) is 11.0. The van der Waals surface area contributed by atoms with E-state index in [0.717, 1.165) is 24.8 Å². The maximum atomic E-state index is 11.5. The van der Waals surface area contributed by atoms with Gasteiger partial charge in [0.05, 0.1) is 12.2 Å². The molecule has 1 amide bonds. The predicted octanol–water partition coefficient (Wildman–Crippen LogP) is 2.61. The molecule has 0 aliphatic heterocycles. The lowest BCUT2D eigenvalue weighted by molar-refractivity contribution is 0.0833. The number of aliphatic hydroxyl groups is 2. The molecule has 0 saturated carbocycles. The van der Waals surface area contributed by atoms with Crippen LogP contribution in [0, 0.1) is 0 Å². The second-order valence-electron chi connectivity index (χ2n) is 5.58. The van der Waals surface area contributed by atoms with Crippen molar-refractivity contribution in [3.8, 4) is 0 Å². The number of nitrogens with one attached hydrogen (secondary N) is 1. The van der Waals surface area contributed by atoms with E-state index in [1.165, 1.54) is 0 Å². The summed E-state index contributed by atoms with van der Waals surface area (Å²) in [6.45, 7) is 2.52. The molecule has 0 fully saturated rings. The Morgan fingerprint density at radius 1 is 1.18 bits per heavy atom. The van der Waals surface area contributed by atoms with Crippen LogP contribution < -0.4 is 5.32 Å². The Kier molecular flexibility index (Phi) is 9.26. The summed E-state index contributed by atoms with van der Waals surface area (Å²) in [4.78, 5) is 11.5. The molecule has 2 unspecified atom stereocenters. The van der Waals surface area contributed by atoms with Gasteiger partial charge in [0, 0.05) is 6.54 Å². The summed E-state index contributed by atoms with van der Waals surface area (Å²) in [6.07, 6.45) is 2.46. The average Bonchev–Trinajstić information content (AvgIpc) is 2.49. The zero-order valence-corrected chi connectivity index (χ0v) is 13.2. The summed E-state index contributed by atoms with van der Waals surface area (Å²) in [5.74, 6) is 0. The molecule has 0 spiro atoms. The molecule has 3 N–H and O–H groups in total. The molecule has 0 saturated heterocycles. The van der Waals surface area contributed by atoms with Gasteiger partial charge in [-0.15, -0.1) is 0 Å². The highest BCUT2D eigenvalue weighted by molar-refractivity contribution is 5.67. The highest BCUT2D eigenvalue weighted by Gasteiger charge is 2.07. The van der Waals surface area contributed by atoms with Crippen LogP contribution in [0.2, 0.25) is 0 Å². The van der Waals surface area contributed by atoms with Gasteiger partial charge >= 0.3 is 6.09 Å². The van der Waals surface area contributed by atoms with Crippen molar-refractivity contribution in [2.24, 2.45) is 0 Å². The number of hydrogen-bond acceptors (Lipinski definition) is 4. The number of amides is 1. The van der Waals surface area contributed by atoms with Gasteiger partial charge in [0.25, 0.3) is 0 Å². The van der Waals surface area contributed by atoms with Gasteiger partial charge in [-0.25, -0.2) is 4.79 Å². The molecule has 1 aromatic rings. The minimum Gasteiger partial charge on any atom is -0.445 e. The maximum absolute atomic E-state index is 11.5. The molecule has 0 aliphatic carbocycles. The third-order valence-electron chi connectivity index (χ3n) is 3.31. The van der Waals surface area contributed by atoms with E-state index in [9.17, 15) is 9.90 Å². The topological polar surface area (TPSA) is 78.8 Å². The third kappa shape index (κ3) is 9.37. The van der Waals surface area contributed by atoms with Gasteiger partial charge in [-0.2, -0.15) is 0 Å². The molecule has 5 heteroatoms. The van der Waals surface area contributed by atoms with E-state index in [-0.39, 0.29) is 6.61 Å². The third-order valence-corrected chi connectivity index (χ3v) is 3.31. The number of benzene rings is 1. The molecule has 124 valence electrons. The van der Waals surface area contributed by atoms with E-state index in [1.54, 1.807) is 6.92 Å². The number of aliphatic hydroxyl groups excluding tert-OH is 2. The first-order valence-electron chi connectivity index (χ1n) is 7.88. The lowest BCUT2D eigenvalue weighted by atomic mass is 10.1. The normalized spacial score (nSPS) is 13.4. The monoisotopic (exact) mass is 309 g/mol. The quantitative estimate of drug-likeness (QED) is 0.581. The Morgan fingerprint density at radius 2 is 1.91 bits per heavy atom. The average molecular weight is 309 g/mol. The maximum Gasteiger partial charge on any atom is 0.407 e. The Bertz CT molecular complexity index is 408. The number of rotatable bonds is 10. The first-order valence-corrected chi connectivity index (χ1v) is 7.88. The Hall–Kier alpha value is -1.59. The van der Waals surface area contributed by atoms with Crippen LogP contribution in [0.3, 0.4) is 0 Å². The summed E-state index contributed by atoms with van der Waals surface area (Å²) in [6, 6.07) is 9.55. The fourth-order valence-corrected chi connectivity index (χ4v) is 2.16. The van der Waals surface area contributed by atoms with Crippen molar-refractivity contribution in [3.63, 3.8) is 0 Å². The van der Waals surface area contributed by atoms with Gasteiger partial charge in [0.2, 0.25) is 0 Å². The number of carbonyl (C=O) groups is 1. The predicted molar refractivity (Wildman–Crippen MR) is 85.4 cm³/mol. The summed E-state index contributed by atoms with van der Waals surface area (Å²) >= 11 is 0. The minimum absolute atomic E-state index is 0.276. The number of carbonyl (C=O) groups excluding carboxylic acids is 1. The first kappa shape index (κ1) is 18.5. The molecule has 1 rings (SSSR count). The smallest absolute Gasteiger partial charge is 0.407 e. The molecule has 22 heavy (non-hydrogen) atoms. The number of hydrogen-bond donors (Lipinski definition) is 3. The molecule has 0 heterocycles. The largest absolute Gasteiger partial charge is 0.445 e. The van der Waals surface area contributed by atoms with Gasteiger partial charge in [-0.3, -0.25) is 0 Å². The number of alkyl carbamates (subject to hydrolysis) is 1. The zero-order valence-electron chi connectivity index (χ0n) is 13.2. The van der Waals surface area contributed by atoms with Crippen molar-refractivity contribution < 1.29 is 19.7 Å². The van der Waals surface area contributed by atoms with E-state index in [2.05, 4.69) is 5.32 Å². The molecular weight excluding hydrogens is 282 g/mol. The molecule has 0 radical (unpaired) electrons. The van der Waals surface area contributed by atoms with Gasteiger partial charge < -0.3 is 20.3 Å². The molecule has 2 atom stereocenters. The van der Waals surface area contributed by atoms with Crippen LogP contribution in [-0.2, 0) is 11.3 Å². The zero-order chi connectivity index (χ0) is 16.2. The fourth-order valence-electron chi connectivity index (χ4n) is 2.16. The van der Waals surface area contributed by atoms with Gasteiger partial charge in [-0.05, 0) is 31.7 Å². The lowest BCUT2D eigenvalue weighted by Crippen LogP contribution is -2.25. The van der Waals surface area contributed by atoms with E-state index < -0.39 is 18.3 Å². The van der Waals surface area contributed by atoms with E-state index in [1.807, 2.05) is 30.3 Å². The lowest BCUT2D eigenvalue weighted by Gasteiger charge is -2.12. The van der Waals surface area contributed by atoms with Crippen LogP contribution in [-0.4, -0.2) is 35.1 Å². The van der Waals surface area contributed by atoms with Crippen LogP contribution >= 0.6 is 0 Å². The summed E-state index contributed by atoms with van der Waals surface area (Å²) in [7, 11) is 0. The van der Waals surface area contributed by atoms with Gasteiger partial charge in [0.1, 0.15) is 6.61 Å². The SMILES string of the molecule is CC(O)CC(O)CCCCCNC(=O)OCc1ccccc1. The summed E-state index contributed by atoms with van der Waals surface area (Å²) < 4.78 is 5.10. The van der Waals surface area contributed by atoms with Crippen LogP contribution in [0.5, 0.6) is 0 Å². The highest BCUT2D eigenvalue weighted by atomic mass is 16.5. The Morgan fingerprint density at radius 3 is 2.59 bits per heavy atom. The van der Waals surface area contributed by atoms with Crippen molar-refractivity contribution in [2.75, 3.05) is 6.54 Å². The summed E-state index contributed by atoms with van der Waals surface area (Å²) in [5.41, 5.74) is 0.963. The van der Waals surface area contributed by atoms with Crippen molar-refractivity contribution >= 4 is 6.09 Å². The van der Waals surface area contributed by atoms with Crippen molar-refractivity contribution in [1.82, 2.24) is 5.32 Å². The first-order chi connectivity index (χ1) is 10.6. The highest BCUT2D eigenvalue weighted by Crippen LogP contribution is 2.08. The molecule has 0 bridgehead atoms. The molecular formula is C17H27NO4. The standard InChI is InChI=1S/C17H27NO4/c1-14(19)12-16(20)10-6-3-7-11-18-17(21)22-13-15-8-4-2-5-9-15/h2,4-5,8-9,14,16,19-20H,3,6-7,10-13H2,1H3,(H,18,21). The van der Waals surface area contributed by atoms with E-state index in [4.69, 9.17) is 9.84 Å². The van der Waals surface area contributed by atoms with Crippen LogP contribution in [0.1, 0.15) is 44.6 Å². The summed E-state index contributed by atoms with van der Waals surface area (Å²) in [5, 5.41) is 21.4. The van der Waals surface area contributed by atoms with Crippen molar-refractivity contribution in [1.29, 1.82) is 0 Å².